The third kappa shape index (κ3) is 2.78. The Morgan fingerprint density at radius 3 is 3.00 bits per heavy atom. The first-order chi connectivity index (χ1) is 10.1. The van der Waals surface area contributed by atoms with E-state index >= 15 is 0 Å². The van der Waals surface area contributed by atoms with E-state index in [0.29, 0.717) is 18.8 Å². The van der Waals surface area contributed by atoms with Gasteiger partial charge in [-0.3, -0.25) is 4.79 Å². The van der Waals surface area contributed by atoms with E-state index in [1.165, 1.54) is 4.70 Å². The molecular weight excluding hydrogens is 288 g/mol. The number of carbonyl (C=O) groups is 1. The van der Waals surface area contributed by atoms with E-state index in [4.69, 9.17) is 5.11 Å². The molecule has 2 aromatic heterocycles. The largest absolute Gasteiger partial charge is 0.481 e. The summed E-state index contributed by atoms with van der Waals surface area (Å²) >= 11 is 1.63. The van der Waals surface area contributed by atoms with E-state index in [-0.39, 0.29) is 0 Å². The van der Waals surface area contributed by atoms with Crippen molar-refractivity contribution in [2.75, 3.05) is 0 Å². The SMILES string of the molecule is CC(CCn1nnnc1-c1cc2ccccc2s1)C(=O)O. The summed E-state index contributed by atoms with van der Waals surface area (Å²) in [6.07, 6.45) is 0.498. The Bertz CT molecular complexity index is 747. The fourth-order valence-electron chi connectivity index (χ4n) is 2.06. The third-order valence-corrected chi connectivity index (χ3v) is 4.49. The maximum atomic E-state index is 10.9. The molecule has 0 spiro atoms. The molecule has 0 saturated heterocycles. The number of hydrogen-bond donors (Lipinski definition) is 1. The van der Waals surface area contributed by atoms with E-state index in [1.807, 2.05) is 12.1 Å². The molecular formula is C14H14N4O2S. The van der Waals surface area contributed by atoms with Crippen LogP contribution < -0.4 is 0 Å². The second-order valence-corrected chi connectivity index (χ2v) is 5.99. The highest BCUT2D eigenvalue weighted by Gasteiger charge is 2.15. The van der Waals surface area contributed by atoms with E-state index in [0.717, 1.165) is 10.3 Å². The van der Waals surface area contributed by atoms with Crippen LogP contribution in [-0.4, -0.2) is 31.3 Å². The van der Waals surface area contributed by atoms with Crippen molar-refractivity contribution in [3.8, 4) is 10.7 Å². The third-order valence-electron chi connectivity index (χ3n) is 3.37. The number of fused-ring (bicyclic) bond motifs is 1. The minimum Gasteiger partial charge on any atom is -0.481 e. The van der Waals surface area contributed by atoms with E-state index in [9.17, 15) is 4.79 Å². The van der Waals surface area contributed by atoms with Crippen LogP contribution in [0.4, 0.5) is 0 Å². The zero-order valence-corrected chi connectivity index (χ0v) is 12.2. The minimum absolute atomic E-state index is 0.413. The Morgan fingerprint density at radius 1 is 1.43 bits per heavy atom. The van der Waals surface area contributed by atoms with Crippen molar-refractivity contribution in [1.29, 1.82) is 0 Å². The molecule has 0 bridgehead atoms. The van der Waals surface area contributed by atoms with Crippen molar-refractivity contribution in [1.82, 2.24) is 20.2 Å². The molecule has 0 amide bonds. The molecule has 1 atom stereocenters. The first-order valence-corrected chi connectivity index (χ1v) is 7.44. The zero-order valence-electron chi connectivity index (χ0n) is 11.4. The highest BCUT2D eigenvalue weighted by atomic mass is 32.1. The van der Waals surface area contributed by atoms with Gasteiger partial charge in [-0.2, -0.15) is 0 Å². The van der Waals surface area contributed by atoms with Crippen molar-refractivity contribution in [3.63, 3.8) is 0 Å². The van der Waals surface area contributed by atoms with Gasteiger partial charge in [0.1, 0.15) is 0 Å². The quantitative estimate of drug-likeness (QED) is 0.783. The fraction of sp³-hybridized carbons (Fsp3) is 0.286. The van der Waals surface area contributed by atoms with Crippen molar-refractivity contribution >= 4 is 27.4 Å². The van der Waals surface area contributed by atoms with Crippen LogP contribution in [0.1, 0.15) is 13.3 Å². The second kappa shape index (κ2) is 5.61. The second-order valence-electron chi connectivity index (χ2n) is 4.90. The van der Waals surface area contributed by atoms with Gasteiger partial charge in [-0.25, -0.2) is 4.68 Å². The number of aliphatic carboxylic acids is 1. The molecule has 3 aromatic rings. The number of aryl methyl sites for hydroxylation is 1. The van der Waals surface area contributed by atoms with Crippen LogP contribution >= 0.6 is 11.3 Å². The van der Waals surface area contributed by atoms with Gasteiger partial charge in [0.2, 0.25) is 0 Å². The molecule has 0 aliphatic heterocycles. The molecule has 1 aromatic carbocycles. The molecule has 0 fully saturated rings. The molecule has 0 aliphatic carbocycles. The van der Waals surface area contributed by atoms with Gasteiger partial charge in [-0.05, 0) is 34.4 Å². The van der Waals surface area contributed by atoms with Crippen LogP contribution in [0.2, 0.25) is 0 Å². The number of benzene rings is 1. The smallest absolute Gasteiger partial charge is 0.306 e. The van der Waals surface area contributed by atoms with Gasteiger partial charge in [0.05, 0.1) is 10.8 Å². The average Bonchev–Trinajstić information content (AvgIpc) is 3.10. The molecule has 0 saturated carbocycles. The molecule has 0 radical (unpaired) electrons. The number of aromatic nitrogens is 4. The number of tetrazole rings is 1. The monoisotopic (exact) mass is 302 g/mol. The van der Waals surface area contributed by atoms with Crippen LogP contribution in [0.5, 0.6) is 0 Å². The summed E-state index contributed by atoms with van der Waals surface area (Å²) in [5, 5.41) is 21.8. The number of rotatable bonds is 5. The van der Waals surface area contributed by atoms with Crippen molar-refractivity contribution in [3.05, 3.63) is 30.3 Å². The number of nitrogens with zero attached hydrogens (tertiary/aromatic N) is 4. The summed E-state index contributed by atoms with van der Waals surface area (Å²) < 4.78 is 2.85. The standard InChI is InChI=1S/C14H14N4O2S/c1-9(14(19)20)6-7-18-13(15-16-17-18)12-8-10-4-2-3-5-11(10)21-12/h2-5,8-9H,6-7H2,1H3,(H,19,20). The van der Waals surface area contributed by atoms with E-state index in [2.05, 4.69) is 33.7 Å². The van der Waals surface area contributed by atoms with Gasteiger partial charge in [0.15, 0.2) is 5.82 Å². The van der Waals surface area contributed by atoms with Crippen LogP contribution in [0.15, 0.2) is 30.3 Å². The van der Waals surface area contributed by atoms with Crippen molar-refractivity contribution in [2.24, 2.45) is 5.92 Å². The molecule has 21 heavy (non-hydrogen) atoms. The lowest BCUT2D eigenvalue weighted by atomic mass is 10.1. The Kier molecular flexibility index (Phi) is 3.66. The van der Waals surface area contributed by atoms with Gasteiger partial charge in [0, 0.05) is 11.2 Å². The van der Waals surface area contributed by atoms with Gasteiger partial charge in [-0.15, -0.1) is 16.4 Å². The Morgan fingerprint density at radius 2 is 2.24 bits per heavy atom. The highest BCUT2D eigenvalue weighted by Crippen LogP contribution is 2.31. The molecule has 6 nitrogen and oxygen atoms in total. The number of thiophene rings is 1. The van der Waals surface area contributed by atoms with Gasteiger partial charge in [0.25, 0.3) is 0 Å². The van der Waals surface area contributed by atoms with Gasteiger partial charge < -0.3 is 5.11 Å². The predicted molar refractivity (Wildman–Crippen MR) is 80.1 cm³/mol. The van der Waals surface area contributed by atoms with Crippen LogP contribution in [0.25, 0.3) is 20.8 Å². The Balaban J connectivity index is 1.86. The lowest BCUT2D eigenvalue weighted by Crippen LogP contribution is -2.13. The Labute approximate surface area is 125 Å². The molecule has 7 heteroatoms. The fourth-order valence-corrected chi connectivity index (χ4v) is 3.11. The predicted octanol–water partition coefficient (Wildman–Crippen LogP) is 2.67. The van der Waals surface area contributed by atoms with Crippen molar-refractivity contribution < 1.29 is 9.90 Å². The first-order valence-electron chi connectivity index (χ1n) is 6.63. The summed E-state index contributed by atoms with van der Waals surface area (Å²) in [7, 11) is 0. The van der Waals surface area contributed by atoms with Crippen LogP contribution in [0.3, 0.4) is 0 Å². The summed E-state index contributed by atoms with van der Waals surface area (Å²) in [6.45, 7) is 2.18. The summed E-state index contributed by atoms with van der Waals surface area (Å²) in [4.78, 5) is 11.9. The van der Waals surface area contributed by atoms with Gasteiger partial charge in [-0.1, -0.05) is 25.1 Å². The topological polar surface area (TPSA) is 80.9 Å². The van der Waals surface area contributed by atoms with Crippen LogP contribution in [0, 0.1) is 5.92 Å². The Hall–Kier alpha value is -2.28. The summed E-state index contributed by atoms with van der Waals surface area (Å²) in [6, 6.07) is 10.2. The zero-order chi connectivity index (χ0) is 14.8. The highest BCUT2D eigenvalue weighted by molar-refractivity contribution is 7.22. The molecule has 108 valence electrons. The normalized spacial score (nSPS) is 12.6. The summed E-state index contributed by atoms with van der Waals surface area (Å²) in [5.41, 5.74) is 0. The van der Waals surface area contributed by atoms with Gasteiger partial charge >= 0.3 is 5.97 Å². The maximum Gasteiger partial charge on any atom is 0.306 e. The maximum absolute atomic E-state index is 10.9. The first kappa shape index (κ1) is 13.7. The van der Waals surface area contributed by atoms with Crippen molar-refractivity contribution in [2.45, 2.75) is 19.9 Å². The number of carboxylic acid groups (broad SMARTS) is 1. The van der Waals surface area contributed by atoms with E-state index < -0.39 is 11.9 Å². The molecule has 0 aliphatic rings. The molecule has 2 heterocycles. The molecule has 1 N–H and O–H groups in total. The minimum atomic E-state index is -0.800. The van der Waals surface area contributed by atoms with Crippen LogP contribution in [-0.2, 0) is 11.3 Å². The summed E-state index contributed by atoms with van der Waals surface area (Å²) in [5.74, 6) is -0.523. The number of hydrogen-bond acceptors (Lipinski definition) is 5. The molecule has 3 rings (SSSR count). The lowest BCUT2D eigenvalue weighted by molar-refractivity contribution is -0.141. The molecule has 1 unspecified atom stereocenters. The average molecular weight is 302 g/mol. The number of carboxylic acids is 1. The lowest BCUT2D eigenvalue weighted by Gasteiger charge is -2.06. The van der Waals surface area contributed by atoms with E-state index in [1.54, 1.807) is 22.9 Å².